The number of phenolic OH excluding ortho intramolecular Hbond substituents is 1. The van der Waals surface area contributed by atoms with Crippen LogP contribution in [-0.2, 0) is 19.1 Å². The topological polar surface area (TPSA) is 144 Å². The van der Waals surface area contributed by atoms with Crippen LogP contribution in [0, 0.1) is 5.92 Å². The second-order valence-corrected chi connectivity index (χ2v) is 8.47. The Morgan fingerprint density at radius 1 is 1.31 bits per heavy atom. The Kier molecular flexibility index (Phi) is 4.37. The molecule has 0 bridgehead atoms. The van der Waals surface area contributed by atoms with Crippen molar-refractivity contribution in [1.29, 1.82) is 0 Å². The molecule has 32 heavy (non-hydrogen) atoms. The first-order chi connectivity index (χ1) is 15.2. The van der Waals surface area contributed by atoms with Crippen LogP contribution in [0.4, 0.5) is 10.5 Å². The number of nitrogens with zero attached hydrogens (tertiary/aromatic N) is 2. The van der Waals surface area contributed by atoms with E-state index >= 15 is 0 Å². The molecule has 3 heterocycles. The Morgan fingerprint density at radius 2 is 2.00 bits per heavy atom. The molecule has 1 aliphatic carbocycles. The number of ether oxygens (including phenoxy) is 2. The third kappa shape index (κ3) is 2.56. The zero-order chi connectivity index (χ0) is 22.9. The highest BCUT2D eigenvalue weighted by Crippen LogP contribution is 2.56. The number of fused-ring (bicyclic) bond motifs is 4. The standard InChI is InChI=1S/C22H24N4O6/c1-10-16(25(2)11-4-6-12(27)7-5-11)19(29)15-13(9-32-21(23)30)22(31-3)20-14(24-20)8-26(22)17(15)18(10)28/h4-7,13-14,20,24,27H,8-9H2,1-3H3,(H2,23,30)/t13-,14+,20+,22-/m0/s1. The van der Waals surface area contributed by atoms with Gasteiger partial charge in [-0.1, -0.05) is 0 Å². The molecule has 0 unspecified atom stereocenters. The molecule has 1 amide bonds. The predicted molar refractivity (Wildman–Crippen MR) is 112 cm³/mol. The minimum absolute atomic E-state index is 0.0949. The first-order valence-corrected chi connectivity index (χ1v) is 10.3. The second-order valence-electron chi connectivity index (χ2n) is 8.47. The van der Waals surface area contributed by atoms with E-state index in [1.807, 2.05) is 4.90 Å². The van der Waals surface area contributed by atoms with Gasteiger partial charge in [0.05, 0.1) is 23.4 Å². The van der Waals surface area contributed by atoms with Gasteiger partial charge in [-0.05, 0) is 31.2 Å². The maximum Gasteiger partial charge on any atom is 0.404 e. The maximum absolute atomic E-state index is 13.9. The van der Waals surface area contributed by atoms with E-state index in [0.717, 1.165) is 0 Å². The van der Waals surface area contributed by atoms with Crippen LogP contribution in [0.3, 0.4) is 0 Å². The summed E-state index contributed by atoms with van der Waals surface area (Å²) in [7, 11) is 3.22. The second kappa shape index (κ2) is 6.81. The van der Waals surface area contributed by atoms with E-state index in [9.17, 15) is 19.5 Å². The van der Waals surface area contributed by atoms with Gasteiger partial charge < -0.3 is 35.4 Å². The molecule has 4 N–H and O–H groups in total. The number of amides is 1. The van der Waals surface area contributed by atoms with Gasteiger partial charge in [0.2, 0.25) is 11.6 Å². The van der Waals surface area contributed by atoms with Crippen molar-refractivity contribution in [2.75, 3.05) is 32.2 Å². The largest absolute Gasteiger partial charge is 0.508 e. The highest BCUT2D eigenvalue weighted by atomic mass is 16.6. The predicted octanol–water partition coefficient (Wildman–Crippen LogP) is 0.232. The molecule has 1 aromatic rings. The van der Waals surface area contributed by atoms with E-state index < -0.39 is 17.7 Å². The molecule has 0 radical (unpaired) electrons. The number of benzene rings is 1. The number of carbonyl (C=O) groups excluding carboxylic acids is 3. The number of likely N-dealkylation sites (N-methyl/N-ethyl adjacent to an activating group) is 1. The van der Waals surface area contributed by atoms with Crippen LogP contribution in [0.1, 0.15) is 6.92 Å². The lowest BCUT2D eigenvalue weighted by atomic mass is 9.82. The first kappa shape index (κ1) is 20.5. The number of Topliss-reactive ketones (excluding diaryl/α,β-unsaturated/α-hetero) is 2. The number of ketones is 2. The number of allylic oxidation sites excluding steroid dienone is 2. The Balaban J connectivity index is 1.60. The minimum atomic E-state index is -1.01. The van der Waals surface area contributed by atoms with E-state index in [1.54, 1.807) is 31.0 Å². The van der Waals surface area contributed by atoms with E-state index in [4.69, 9.17) is 15.2 Å². The summed E-state index contributed by atoms with van der Waals surface area (Å²) in [6.07, 6.45) is -0.960. The number of carbonyl (C=O) groups is 3. The number of anilines is 1. The summed E-state index contributed by atoms with van der Waals surface area (Å²) in [6, 6.07) is 6.37. The van der Waals surface area contributed by atoms with Gasteiger partial charge in [-0.2, -0.15) is 0 Å². The number of methoxy groups -OCH3 is 1. The van der Waals surface area contributed by atoms with Gasteiger partial charge in [0, 0.05) is 43.6 Å². The van der Waals surface area contributed by atoms with Crippen LogP contribution in [0.5, 0.6) is 5.75 Å². The molecule has 2 fully saturated rings. The van der Waals surface area contributed by atoms with Gasteiger partial charge in [-0.3, -0.25) is 9.59 Å². The molecule has 10 nitrogen and oxygen atoms in total. The van der Waals surface area contributed by atoms with E-state index in [0.29, 0.717) is 23.5 Å². The highest BCUT2D eigenvalue weighted by Gasteiger charge is 2.72. The number of nitrogens with one attached hydrogen (secondary N) is 1. The van der Waals surface area contributed by atoms with Crippen molar-refractivity contribution in [1.82, 2.24) is 10.2 Å². The number of rotatable bonds is 5. The van der Waals surface area contributed by atoms with Crippen LogP contribution in [0.25, 0.3) is 0 Å². The molecular weight excluding hydrogens is 416 g/mol. The van der Waals surface area contributed by atoms with Crippen molar-refractivity contribution in [3.8, 4) is 5.75 Å². The summed E-state index contributed by atoms with van der Waals surface area (Å²) in [5, 5.41) is 12.9. The fourth-order valence-corrected chi connectivity index (χ4v) is 5.49. The molecule has 3 aliphatic heterocycles. The molecule has 5 rings (SSSR count). The molecular formula is C22H24N4O6. The lowest BCUT2D eigenvalue weighted by molar-refractivity contribution is -0.137. The summed E-state index contributed by atoms with van der Waals surface area (Å²) in [6.45, 7) is 1.96. The van der Waals surface area contributed by atoms with Crippen LogP contribution in [0.15, 0.2) is 46.8 Å². The Bertz CT molecular complexity index is 1110. The van der Waals surface area contributed by atoms with Gasteiger partial charge in [0.1, 0.15) is 12.4 Å². The van der Waals surface area contributed by atoms with Gasteiger partial charge in [0.15, 0.2) is 5.72 Å². The molecule has 4 atom stereocenters. The fraction of sp³-hybridized carbons (Fsp3) is 0.409. The maximum atomic E-state index is 13.9. The number of primary amides is 1. The van der Waals surface area contributed by atoms with E-state index in [1.165, 1.54) is 19.2 Å². The molecule has 168 valence electrons. The van der Waals surface area contributed by atoms with E-state index in [2.05, 4.69) is 5.32 Å². The van der Waals surface area contributed by atoms with Crippen molar-refractivity contribution < 1.29 is 29.0 Å². The smallest absolute Gasteiger partial charge is 0.404 e. The monoisotopic (exact) mass is 440 g/mol. The average molecular weight is 440 g/mol. The molecule has 0 saturated carbocycles. The summed E-state index contributed by atoms with van der Waals surface area (Å²) in [4.78, 5) is 42.3. The molecule has 10 heteroatoms. The van der Waals surface area contributed by atoms with Gasteiger partial charge in [-0.25, -0.2) is 4.79 Å². The van der Waals surface area contributed by atoms with Gasteiger partial charge >= 0.3 is 6.09 Å². The summed E-state index contributed by atoms with van der Waals surface area (Å²) in [5.41, 5.74) is 5.98. The first-order valence-electron chi connectivity index (χ1n) is 10.3. The number of nitrogens with two attached hydrogens (primary N) is 1. The van der Waals surface area contributed by atoms with Gasteiger partial charge in [-0.15, -0.1) is 0 Å². The van der Waals surface area contributed by atoms with Crippen molar-refractivity contribution in [2.45, 2.75) is 24.7 Å². The molecule has 4 aliphatic rings. The number of aromatic hydroxyl groups is 1. The average Bonchev–Trinajstić information content (AvgIpc) is 3.37. The lowest BCUT2D eigenvalue weighted by Gasteiger charge is -2.39. The zero-order valence-corrected chi connectivity index (χ0v) is 17.9. The van der Waals surface area contributed by atoms with Crippen molar-refractivity contribution >= 4 is 23.3 Å². The lowest BCUT2D eigenvalue weighted by Crippen LogP contribution is -2.55. The normalized spacial score (nSPS) is 30.3. The SMILES string of the molecule is CO[C@@]12[C@@H]3N[C@@H]3CN1C1=C(C(=O)C(N(C)c3ccc(O)cc3)=C(C)C1=O)[C@@H]2COC(N)=O. The van der Waals surface area contributed by atoms with Crippen molar-refractivity contribution in [3.63, 3.8) is 0 Å². The molecule has 0 aromatic heterocycles. The Morgan fingerprint density at radius 3 is 2.62 bits per heavy atom. The number of piperazine rings is 1. The van der Waals surface area contributed by atoms with E-state index in [-0.39, 0.29) is 47.3 Å². The number of phenols is 1. The fourth-order valence-electron chi connectivity index (χ4n) is 5.49. The number of hydrogen-bond donors (Lipinski definition) is 3. The minimum Gasteiger partial charge on any atom is -0.508 e. The van der Waals surface area contributed by atoms with Crippen LogP contribution in [-0.4, -0.2) is 72.8 Å². The van der Waals surface area contributed by atoms with Gasteiger partial charge in [0.25, 0.3) is 0 Å². The molecule has 2 saturated heterocycles. The highest BCUT2D eigenvalue weighted by molar-refractivity contribution is 6.26. The quantitative estimate of drug-likeness (QED) is 0.433. The van der Waals surface area contributed by atoms with Crippen LogP contribution in [0.2, 0.25) is 0 Å². The third-order valence-electron chi connectivity index (χ3n) is 6.97. The Hall–Kier alpha value is -3.37. The summed E-state index contributed by atoms with van der Waals surface area (Å²) in [5.74, 6) is -1.18. The van der Waals surface area contributed by atoms with Crippen LogP contribution < -0.4 is 16.0 Å². The molecule has 1 aromatic carbocycles. The van der Waals surface area contributed by atoms with Crippen molar-refractivity contribution in [2.24, 2.45) is 11.7 Å². The third-order valence-corrected chi connectivity index (χ3v) is 6.97. The summed E-state index contributed by atoms with van der Waals surface area (Å²) < 4.78 is 11.1. The number of hydrogen-bond acceptors (Lipinski definition) is 9. The van der Waals surface area contributed by atoms with Crippen LogP contribution >= 0.6 is 0 Å². The van der Waals surface area contributed by atoms with Crippen molar-refractivity contribution in [3.05, 3.63) is 46.8 Å². The summed E-state index contributed by atoms with van der Waals surface area (Å²) >= 11 is 0. The Labute approximate surface area is 184 Å². The molecule has 0 spiro atoms. The zero-order valence-electron chi connectivity index (χ0n) is 17.9.